The predicted molar refractivity (Wildman–Crippen MR) is 164 cm³/mol. The summed E-state index contributed by atoms with van der Waals surface area (Å²) in [7, 11) is -4.96. The number of aryl methyl sites for hydroxylation is 1. The van der Waals surface area contributed by atoms with Crippen LogP contribution in [-0.4, -0.2) is 84.8 Å². The number of fused-ring (bicyclic) bond motifs is 2. The SMILES string of the molecule is Cc1cccc2c(C3=C(c4nc(N5CCNC6(CC6)C5)cc5ccccc45)C(=O)N(COP(=O)(O)O)C3=O)c[nH]c12.O.O.O. The Morgan fingerprint density at radius 2 is 1.70 bits per heavy atom. The van der Waals surface area contributed by atoms with Crippen LogP contribution in [0.3, 0.4) is 0 Å². The normalized spacial score (nSPS) is 17.6. The van der Waals surface area contributed by atoms with E-state index in [9.17, 15) is 23.9 Å². The van der Waals surface area contributed by atoms with E-state index in [1.54, 1.807) is 6.20 Å². The van der Waals surface area contributed by atoms with Crippen molar-refractivity contribution in [3.63, 3.8) is 0 Å². The molecule has 3 aliphatic rings. The van der Waals surface area contributed by atoms with Gasteiger partial charge in [-0.15, -0.1) is 0 Å². The van der Waals surface area contributed by atoms with Gasteiger partial charge in [-0.25, -0.2) is 14.4 Å². The number of imide groups is 1. The van der Waals surface area contributed by atoms with E-state index in [-0.39, 0.29) is 33.1 Å². The number of aromatic amines is 1. The minimum Gasteiger partial charge on any atom is -0.412 e. The minimum atomic E-state index is -4.96. The quantitative estimate of drug-likeness (QED) is 0.175. The largest absolute Gasteiger partial charge is 0.471 e. The van der Waals surface area contributed by atoms with Gasteiger partial charge in [0.05, 0.1) is 16.8 Å². The molecule has 4 heterocycles. The fourth-order valence-corrected chi connectivity index (χ4v) is 6.25. The first-order chi connectivity index (χ1) is 19.6. The van der Waals surface area contributed by atoms with Gasteiger partial charge in [0.25, 0.3) is 11.8 Å². The molecule has 4 aromatic rings. The summed E-state index contributed by atoms with van der Waals surface area (Å²) < 4.78 is 16.1. The van der Waals surface area contributed by atoms with Crippen LogP contribution in [0.2, 0.25) is 0 Å². The summed E-state index contributed by atoms with van der Waals surface area (Å²) in [6.45, 7) is 3.40. The molecular weight excluding hydrogens is 593 g/mol. The summed E-state index contributed by atoms with van der Waals surface area (Å²) in [5, 5.41) is 5.90. The summed E-state index contributed by atoms with van der Waals surface area (Å²) in [5.74, 6) is -0.733. The molecule has 1 saturated heterocycles. The number of hydrogen-bond acceptors (Lipinski definition) is 7. The Balaban J connectivity index is 0.00000147. The van der Waals surface area contributed by atoms with Gasteiger partial charge >= 0.3 is 7.82 Å². The first kappa shape index (κ1) is 32.9. The van der Waals surface area contributed by atoms with Gasteiger partial charge in [0.1, 0.15) is 12.5 Å². The molecule has 234 valence electrons. The zero-order valence-electron chi connectivity index (χ0n) is 23.8. The van der Waals surface area contributed by atoms with Crippen molar-refractivity contribution >= 4 is 58.3 Å². The highest BCUT2D eigenvalue weighted by atomic mass is 31.2. The molecule has 1 spiro atoms. The van der Waals surface area contributed by atoms with Gasteiger partial charge in [-0.3, -0.25) is 14.1 Å². The highest BCUT2D eigenvalue weighted by molar-refractivity contribution is 7.46. The molecule has 1 saturated carbocycles. The number of phosphoric ester groups is 1. The molecule has 2 aromatic heterocycles. The fourth-order valence-electron chi connectivity index (χ4n) is 5.98. The lowest BCUT2D eigenvalue weighted by Gasteiger charge is -2.35. The number of para-hydroxylation sites is 1. The molecule has 14 nitrogen and oxygen atoms in total. The minimum absolute atomic E-state index is 0. The molecule has 2 aromatic carbocycles. The molecular formula is C29H34N5O9P. The van der Waals surface area contributed by atoms with Crippen molar-refractivity contribution in [3.8, 4) is 0 Å². The standard InChI is InChI=1S/C29H28N5O6P.3H2O/c1-17-5-4-8-20-21(14-30-25(17)20)23-24(28(36)34(27(23)35)16-40-41(37,38)39)26-19-7-3-2-6-18(19)13-22(32-26)33-12-11-31-29(15-33)9-10-29;;;/h2-8,13-14,30-31H,9-12,15-16H2,1H3,(H2,37,38,39);3*1H2. The van der Waals surface area contributed by atoms with E-state index in [0.717, 1.165) is 59.2 Å². The number of piperazine rings is 1. The number of rotatable bonds is 6. The third kappa shape index (κ3) is 5.54. The zero-order valence-corrected chi connectivity index (χ0v) is 24.6. The summed E-state index contributed by atoms with van der Waals surface area (Å²) in [5.41, 5.74) is 2.90. The third-order valence-electron chi connectivity index (χ3n) is 8.23. The lowest BCUT2D eigenvalue weighted by molar-refractivity contribution is -0.139. The Bertz CT molecular complexity index is 1850. The number of carbonyl (C=O) groups is 2. The average Bonchev–Trinajstić information content (AvgIpc) is 3.45. The van der Waals surface area contributed by atoms with Crippen molar-refractivity contribution in [1.29, 1.82) is 0 Å². The van der Waals surface area contributed by atoms with E-state index in [2.05, 4.69) is 19.7 Å². The highest BCUT2D eigenvalue weighted by Gasteiger charge is 2.46. The van der Waals surface area contributed by atoms with E-state index in [1.807, 2.05) is 55.5 Å². The second-order valence-electron chi connectivity index (χ2n) is 10.9. The maximum Gasteiger partial charge on any atom is 0.471 e. The van der Waals surface area contributed by atoms with Crippen LogP contribution in [0.5, 0.6) is 0 Å². The monoisotopic (exact) mass is 627 g/mol. The van der Waals surface area contributed by atoms with Crippen molar-refractivity contribution in [2.24, 2.45) is 0 Å². The molecule has 15 heteroatoms. The van der Waals surface area contributed by atoms with Crippen molar-refractivity contribution in [3.05, 3.63) is 71.5 Å². The molecule has 0 bridgehead atoms. The lowest BCUT2D eigenvalue weighted by Crippen LogP contribution is -2.52. The van der Waals surface area contributed by atoms with Crippen LogP contribution in [0.1, 0.15) is 29.7 Å². The first-order valence-electron chi connectivity index (χ1n) is 13.4. The highest BCUT2D eigenvalue weighted by Crippen LogP contribution is 2.44. The number of H-pyrrole nitrogens is 1. The smallest absolute Gasteiger partial charge is 0.412 e. The Morgan fingerprint density at radius 3 is 2.43 bits per heavy atom. The maximum absolute atomic E-state index is 14.0. The van der Waals surface area contributed by atoms with Gasteiger partial charge in [0, 0.05) is 53.2 Å². The van der Waals surface area contributed by atoms with Crippen molar-refractivity contribution in [2.45, 2.75) is 25.3 Å². The summed E-state index contributed by atoms with van der Waals surface area (Å²) in [6, 6.07) is 15.3. The van der Waals surface area contributed by atoms with Gasteiger partial charge in [0.2, 0.25) is 0 Å². The van der Waals surface area contributed by atoms with Gasteiger partial charge in [-0.05, 0) is 36.8 Å². The van der Waals surface area contributed by atoms with Crippen molar-refractivity contribution < 1.29 is 44.9 Å². The number of aromatic nitrogens is 2. The Labute approximate surface area is 251 Å². The molecule has 0 atom stereocenters. The average molecular weight is 628 g/mol. The van der Waals surface area contributed by atoms with Crippen molar-refractivity contribution in [2.75, 3.05) is 31.3 Å². The van der Waals surface area contributed by atoms with Crippen LogP contribution < -0.4 is 10.2 Å². The van der Waals surface area contributed by atoms with Crippen LogP contribution in [0, 0.1) is 6.92 Å². The fraction of sp³-hybridized carbons (Fsp3) is 0.276. The van der Waals surface area contributed by atoms with E-state index in [0.29, 0.717) is 22.5 Å². The number of amides is 2. The first-order valence-corrected chi connectivity index (χ1v) is 14.9. The predicted octanol–water partition coefficient (Wildman–Crippen LogP) is 0.839. The molecule has 0 radical (unpaired) electrons. The number of phosphoric acid groups is 1. The van der Waals surface area contributed by atoms with Gasteiger partial charge in [-0.2, -0.15) is 0 Å². The number of hydrogen-bond donors (Lipinski definition) is 4. The zero-order chi connectivity index (χ0) is 28.5. The van der Waals surface area contributed by atoms with Gasteiger partial charge < -0.3 is 41.4 Å². The lowest BCUT2D eigenvalue weighted by atomic mass is 9.95. The van der Waals surface area contributed by atoms with E-state index in [4.69, 9.17) is 4.98 Å². The molecule has 2 fully saturated rings. The van der Waals surface area contributed by atoms with E-state index >= 15 is 0 Å². The second kappa shape index (κ2) is 11.8. The van der Waals surface area contributed by atoms with Crippen LogP contribution in [0.4, 0.5) is 5.82 Å². The molecule has 2 aliphatic heterocycles. The summed E-state index contributed by atoms with van der Waals surface area (Å²) in [6.07, 6.45) is 3.88. The number of benzene rings is 2. The topological polar surface area (TPSA) is 243 Å². The molecule has 0 unspecified atom stereocenters. The molecule has 44 heavy (non-hydrogen) atoms. The molecule has 7 rings (SSSR count). The second-order valence-corrected chi connectivity index (χ2v) is 12.2. The Morgan fingerprint density at radius 1 is 1.00 bits per heavy atom. The molecule has 1 aliphatic carbocycles. The number of anilines is 1. The number of nitrogens with one attached hydrogen (secondary N) is 2. The summed E-state index contributed by atoms with van der Waals surface area (Å²) >= 11 is 0. The number of carbonyl (C=O) groups excluding carboxylic acids is 2. The Kier molecular flexibility index (Phi) is 8.86. The Hall–Kier alpha value is -3.98. The third-order valence-corrected chi connectivity index (χ3v) is 8.68. The van der Waals surface area contributed by atoms with Gasteiger partial charge in [0.15, 0.2) is 0 Å². The number of nitrogens with zero attached hydrogens (tertiary/aromatic N) is 3. The number of pyridine rings is 1. The molecule has 10 N–H and O–H groups in total. The van der Waals surface area contributed by atoms with E-state index < -0.39 is 26.4 Å². The van der Waals surface area contributed by atoms with Crippen LogP contribution >= 0.6 is 7.82 Å². The van der Waals surface area contributed by atoms with Crippen LogP contribution in [-0.2, 0) is 18.7 Å². The molecule has 2 amide bonds. The maximum atomic E-state index is 14.0. The van der Waals surface area contributed by atoms with Crippen molar-refractivity contribution in [1.82, 2.24) is 20.2 Å². The van der Waals surface area contributed by atoms with Gasteiger partial charge in [-0.1, -0.05) is 42.5 Å². The van der Waals surface area contributed by atoms with Crippen LogP contribution in [0.25, 0.3) is 32.8 Å². The van der Waals surface area contributed by atoms with Crippen LogP contribution in [0.15, 0.2) is 54.7 Å². The van der Waals surface area contributed by atoms with E-state index in [1.165, 1.54) is 0 Å². The summed E-state index contributed by atoms with van der Waals surface area (Å²) in [4.78, 5) is 57.8.